The Bertz CT molecular complexity index is 836. The summed E-state index contributed by atoms with van der Waals surface area (Å²) < 4.78 is 10.1. The van der Waals surface area contributed by atoms with Gasteiger partial charge in [-0.1, -0.05) is 65.8 Å². The molecule has 0 radical (unpaired) electrons. The van der Waals surface area contributed by atoms with E-state index >= 15 is 0 Å². The van der Waals surface area contributed by atoms with Crippen LogP contribution in [0.1, 0.15) is 22.7 Å². The van der Waals surface area contributed by atoms with Crippen molar-refractivity contribution in [1.29, 1.82) is 0 Å². The largest absolute Gasteiger partial charge is 0.455 e. The third-order valence-corrected chi connectivity index (χ3v) is 3.74. The lowest BCUT2D eigenvalue weighted by atomic mass is 9.91. The molecule has 0 bridgehead atoms. The molecule has 0 aliphatic heterocycles. The summed E-state index contributed by atoms with van der Waals surface area (Å²) in [5.74, 6) is -1.37. The van der Waals surface area contributed by atoms with Crippen molar-refractivity contribution in [3.05, 3.63) is 83.6 Å². The summed E-state index contributed by atoms with van der Waals surface area (Å²) in [5.41, 5.74) is 2.25. The predicted octanol–water partition coefficient (Wildman–Crippen LogP) is 3.30. The van der Waals surface area contributed by atoms with E-state index in [1.165, 1.54) is 0 Å². The van der Waals surface area contributed by atoms with Crippen molar-refractivity contribution < 1.29 is 18.8 Å². The highest BCUT2D eigenvalue weighted by molar-refractivity contribution is 5.92. The Kier molecular flexibility index (Phi) is 5.43. The number of amides is 1. The van der Waals surface area contributed by atoms with Crippen LogP contribution in [0.3, 0.4) is 0 Å². The highest BCUT2D eigenvalue weighted by Gasteiger charge is 2.24. The fourth-order valence-electron chi connectivity index (χ4n) is 2.57. The molecule has 0 aliphatic rings. The number of ether oxygens (including phenoxy) is 1. The summed E-state index contributed by atoms with van der Waals surface area (Å²) in [5, 5.41) is 6.17. The standard InChI is InChI=1S/C20H18N2O4/c1-14-12-18(26-22-14)21-17(23)13-25-20(24)19(15-8-4-2-5-9-15)16-10-6-3-7-11-16/h2-12,19H,13H2,1H3,(H,21,23). The van der Waals surface area contributed by atoms with Crippen LogP contribution >= 0.6 is 0 Å². The van der Waals surface area contributed by atoms with Gasteiger partial charge in [0.1, 0.15) is 5.92 Å². The zero-order valence-corrected chi connectivity index (χ0v) is 14.2. The SMILES string of the molecule is Cc1cc(NC(=O)COC(=O)C(c2ccccc2)c2ccccc2)on1. The molecule has 3 rings (SSSR count). The smallest absolute Gasteiger partial charge is 0.318 e. The van der Waals surface area contributed by atoms with Crippen LogP contribution < -0.4 is 5.32 Å². The van der Waals surface area contributed by atoms with Crippen LogP contribution in [-0.4, -0.2) is 23.6 Å². The maximum atomic E-state index is 12.7. The lowest BCUT2D eigenvalue weighted by Gasteiger charge is -2.16. The molecule has 2 aromatic carbocycles. The van der Waals surface area contributed by atoms with Crippen LogP contribution in [-0.2, 0) is 14.3 Å². The summed E-state index contributed by atoms with van der Waals surface area (Å²) >= 11 is 0. The van der Waals surface area contributed by atoms with Gasteiger partial charge in [0.15, 0.2) is 6.61 Å². The molecule has 3 aromatic rings. The van der Waals surface area contributed by atoms with Crippen molar-refractivity contribution in [3.8, 4) is 0 Å². The molecule has 0 atom stereocenters. The third-order valence-electron chi connectivity index (χ3n) is 3.74. The summed E-state index contributed by atoms with van der Waals surface area (Å²) in [4.78, 5) is 24.6. The number of esters is 1. The number of benzene rings is 2. The molecule has 0 unspecified atom stereocenters. The quantitative estimate of drug-likeness (QED) is 0.690. The van der Waals surface area contributed by atoms with Crippen LogP contribution in [0.2, 0.25) is 0 Å². The van der Waals surface area contributed by atoms with Gasteiger partial charge in [-0.2, -0.15) is 0 Å². The first-order valence-electron chi connectivity index (χ1n) is 8.13. The van der Waals surface area contributed by atoms with Crippen LogP contribution in [0.15, 0.2) is 71.3 Å². The molecule has 1 aromatic heterocycles. The van der Waals surface area contributed by atoms with Gasteiger partial charge in [0.25, 0.3) is 5.91 Å². The molecule has 0 spiro atoms. The van der Waals surface area contributed by atoms with Gasteiger partial charge in [-0.05, 0) is 18.1 Å². The Morgan fingerprint density at radius 2 is 1.62 bits per heavy atom. The van der Waals surface area contributed by atoms with E-state index in [1.54, 1.807) is 13.0 Å². The van der Waals surface area contributed by atoms with Gasteiger partial charge in [0.05, 0.1) is 5.69 Å². The van der Waals surface area contributed by atoms with E-state index in [9.17, 15) is 9.59 Å². The third kappa shape index (κ3) is 4.36. The first kappa shape index (κ1) is 17.4. The Balaban J connectivity index is 1.69. The van der Waals surface area contributed by atoms with E-state index in [4.69, 9.17) is 9.26 Å². The van der Waals surface area contributed by atoms with E-state index in [0.29, 0.717) is 5.69 Å². The van der Waals surface area contributed by atoms with Crippen LogP contribution in [0.5, 0.6) is 0 Å². The van der Waals surface area contributed by atoms with E-state index in [2.05, 4.69) is 10.5 Å². The monoisotopic (exact) mass is 350 g/mol. The number of carbonyl (C=O) groups excluding carboxylic acids is 2. The molecule has 0 aliphatic carbocycles. The first-order valence-corrected chi connectivity index (χ1v) is 8.13. The Hall–Kier alpha value is -3.41. The maximum Gasteiger partial charge on any atom is 0.318 e. The average molecular weight is 350 g/mol. The molecule has 6 nitrogen and oxygen atoms in total. The van der Waals surface area contributed by atoms with Gasteiger partial charge in [0, 0.05) is 6.07 Å². The molecular formula is C20H18N2O4. The number of nitrogens with one attached hydrogen (secondary N) is 1. The molecule has 0 fully saturated rings. The molecule has 0 saturated carbocycles. The van der Waals surface area contributed by atoms with Crippen molar-refractivity contribution in [1.82, 2.24) is 5.16 Å². The number of hydrogen-bond donors (Lipinski definition) is 1. The number of anilines is 1. The second-order valence-electron chi connectivity index (χ2n) is 5.74. The lowest BCUT2D eigenvalue weighted by Crippen LogP contribution is -2.24. The second-order valence-corrected chi connectivity index (χ2v) is 5.74. The van der Waals surface area contributed by atoms with Gasteiger partial charge in [-0.25, -0.2) is 0 Å². The van der Waals surface area contributed by atoms with Gasteiger partial charge in [0.2, 0.25) is 5.88 Å². The molecule has 6 heteroatoms. The lowest BCUT2D eigenvalue weighted by molar-refractivity contribution is -0.148. The van der Waals surface area contributed by atoms with E-state index in [1.807, 2.05) is 60.7 Å². The summed E-state index contributed by atoms with van der Waals surface area (Å²) in [7, 11) is 0. The minimum Gasteiger partial charge on any atom is -0.455 e. The van der Waals surface area contributed by atoms with E-state index in [-0.39, 0.29) is 5.88 Å². The van der Waals surface area contributed by atoms with Gasteiger partial charge >= 0.3 is 5.97 Å². The zero-order chi connectivity index (χ0) is 18.4. The van der Waals surface area contributed by atoms with Crippen molar-refractivity contribution in [3.63, 3.8) is 0 Å². The van der Waals surface area contributed by atoms with Crippen LogP contribution in [0.25, 0.3) is 0 Å². The molecule has 0 saturated heterocycles. The highest BCUT2D eigenvalue weighted by atomic mass is 16.5. The van der Waals surface area contributed by atoms with Gasteiger partial charge in [-0.3, -0.25) is 14.9 Å². The van der Waals surface area contributed by atoms with Crippen LogP contribution in [0, 0.1) is 6.92 Å². The van der Waals surface area contributed by atoms with Crippen LogP contribution in [0.4, 0.5) is 5.88 Å². The Morgan fingerprint density at radius 3 is 2.12 bits per heavy atom. The van der Waals surface area contributed by atoms with Gasteiger partial charge in [-0.15, -0.1) is 0 Å². The number of aryl methyl sites for hydroxylation is 1. The molecule has 132 valence electrons. The molecule has 1 N–H and O–H groups in total. The number of nitrogens with zero attached hydrogens (tertiary/aromatic N) is 1. The van der Waals surface area contributed by atoms with Gasteiger partial charge < -0.3 is 9.26 Å². The normalized spacial score (nSPS) is 10.5. The molecule has 26 heavy (non-hydrogen) atoms. The summed E-state index contributed by atoms with van der Waals surface area (Å²) in [6, 6.07) is 20.2. The Labute approximate surface area is 150 Å². The first-order chi connectivity index (χ1) is 12.6. The fraction of sp³-hybridized carbons (Fsp3) is 0.150. The number of hydrogen-bond acceptors (Lipinski definition) is 5. The van der Waals surface area contributed by atoms with Crippen molar-refractivity contribution in [2.75, 3.05) is 11.9 Å². The van der Waals surface area contributed by atoms with Crippen molar-refractivity contribution >= 4 is 17.8 Å². The fourth-order valence-corrected chi connectivity index (χ4v) is 2.57. The number of rotatable bonds is 6. The minimum atomic E-state index is -0.599. The topological polar surface area (TPSA) is 81.4 Å². The van der Waals surface area contributed by atoms with Crippen molar-refractivity contribution in [2.24, 2.45) is 0 Å². The average Bonchev–Trinajstić information content (AvgIpc) is 3.07. The molecule has 1 amide bonds. The highest BCUT2D eigenvalue weighted by Crippen LogP contribution is 2.25. The Morgan fingerprint density at radius 1 is 1.04 bits per heavy atom. The number of carbonyl (C=O) groups is 2. The van der Waals surface area contributed by atoms with E-state index in [0.717, 1.165) is 11.1 Å². The summed E-state index contributed by atoms with van der Waals surface area (Å²) in [6.07, 6.45) is 0. The summed E-state index contributed by atoms with van der Waals surface area (Å²) in [6.45, 7) is 1.33. The van der Waals surface area contributed by atoms with Crippen molar-refractivity contribution in [2.45, 2.75) is 12.8 Å². The maximum absolute atomic E-state index is 12.7. The number of aromatic nitrogens is 1. The zero-order valence-electron chi connectivity index (χ0n) is 14.2. The second kappa shape index (κ2) is 8.11. The molecular weight excluding hydrogens is 332 g/mol. The molecule has 1 heterocycles. The van der Waals surface area contributed by atoms with E-state index < -0.39 is 24.4 Å². The predicted molar refractivity (Wildman–Crippen MR) is 95.6 cm³/mol. The minimum absolute atomic E-state index is 0.214.